The average molecular weight is 341 g/mol. The van der Waals surface area contributed by atoms with Gasteiger partial charge in [0.1, 0.15) is 17.2 Å². The molecule has 0 aromatic heterocycles. The fourth-order valence-electron chi connectivity index (χ4n) is 2.86. The maximum absolute atomic E-state index is 13.3. The number of carbonyl (C=O) groups is 2. The molecule has 1 N–H and O–H groups in total. The van der Waals surface area contributed by atoms with Gasteiger partial charge in [0.15, 0.2) is 0 Å². The lowest BCUT2D eigenvalue weighted by atomic mass is 9.90. The summed E-state index contributed by atoms with van der Waals surface area (Å²) in [7, 11) is 0. The summed E-state index contributed by atoms with van der Waals surface area (Å²) in [6.45, 7) is 5.37. The standard InChI is InChI=1S/C17H21F2NO4/c1-17(2,3)24-16(23)20-8-11(14(9-20)15(21)22)4-10-5-12(18)7-13(19)6-10/h5-7,11,14H,4,8-9H2,1-3H3,(H,21,22)/t11-,14-/m0/s1. The quantitative estimate of drug-likeness (QED) is 0.917. The Hall–Kier alpha value is -2.18. The first-order valence-corrected chi connectivity index (χ1v) is 7.71. The fraction of sp³-hybridized carbons (Fsp3) is 0.529. The predicted octanol–water partition coefficient (Wildman–Crippen LogP) is 3.08. The van der Waals surface area contributed by atoms with Crippen LogP contribution in [0.1, 0.15) is 26.3 Å². The number of aliphatic carboxylic acids is 1. The Balaban J connectivity index is 2.13. The molecule has 5 nitrogen and oxygen atoms in total. The molecule has 1 heterocycles. The largest absolute Gasteiger partial charge is 0.481 e. The highest BCUT2D eigenvalue weighted by Crippen LogP contribution is 2.29. The first-order chi connectivity index (χ1) is 11.0. The maximum Gasteiger partial charge on any atom is 0.410 e. The van der Waals surface area contributed by atoms with Crippen molar-refractivity contribution in [1.82, 2.24) is 4.90 Å². The van der Waals surface area contributed by atoms with E-state index in [1.54, 1.807) is 20.8 Å². The van der Waals surface area contributed by atoms with Crippen molar-refractivity contribution in [2.24, 2.45) is 11.8 Å². The molecule has 0 spiro atoms. The Morgan fingerprint density at radius 3 is 2.29 bits per heavy atom. The van der Waals surface area contributed by atoms with Gasteiger partial charge in [-0.25, -0.2) is 13.6 Å². The summed E-state index contributed by atoms with van der Waals surface area (Å²) in [5, 5.41) is 9.38. The van der Waals surface area contributed by atoms with Crippen LogP contribution in [0.5, 0.6) is 0 Å². The lowest BCUT2D eigenvalue weighted by Gasteiger charge is -2.24. The highest BCUT2D eigenvalue weighted by molar-refractivity contribution is 5.74. The molecular weight excluding hydrogens is 320 g/mol. The van der Waals surface area contributed by atoms with Gasteiger partial charge in [-0.2, -0.15) is 0 Å². The van der Waals surface area contributed by atoms with E-state index in [2.05, 4.69) is 0 Å². The molecule has 0 radical (unpaired) electrons. The normalized spacial score (nSPS) is 21.0. The number of carboxylic acid groups (broad SMARTS) is 1. The van der Waals surface area contributed by atoms with Crippen LogP contribution in [0.25, 0.3) is 0 Å². The van der Waals surface area contributed by atoms with Gasteiger partial charge in [-0.1, -0.05) is 0 Å². The van der Waals surface area contributed by atoms with E-state index in [1.807, 2.05) is 0 Å². The van der Waals surface area contributed by atoms with E-state index in [4.69, 9.17) is 4.74 Å². The van der Waals surface area contributed by atoms with Gasteiger partial charge in [-0.3, -0.25) is 4.79 Å². The van der Waals surface area contributed by atoms with Crippen molar-refractivity contribution in [3.63, 3.8) is 0 Å². The fourth-order valence-corrected chi connectivity index (χ4v) is 2.86. The minimum Gasteiger partial charge on any atom is -0.481 e. The number of carbonyl (C=O) groups excluding carboxylic acids is 1. The molecule has 1 aromatic carbocycles. The van der Waals surface area contributed by atoms with Gasteiger partial charge in [0.2, 0.25) is 0 Å². The number of ether oxygens (including phenoxy) is 1. The second-order valence-electron chi connectivity index (χ2n) is 7.07. The van der Waals surface area contributed by atoms with E-state index < -0.39 is 41.1 Å². The molecule has 2 rings (SSSR count). The third-order valence-electron chi connectivity index (χ3n) is 3.83. The monoisotopic (exact) mass is 341 g/mol. The zero-order chi connectivity index (χ0) is 18.1. The molecule has 0 aliphatic carbocycles. The summed E-state index contributed by atoms with van der Waals surface area (Å²) in [6, 6.07) is 3.12. The van der Waals surface area contributed by atoms with Crippen molar-refractivity contribution in [2.45, 2.75) is 32.8 Å². The van der Waals surface area contributed by atoms with Gasteiger partial charge in [0.25, 0.3) is 0 Å². The minimum absolute atomic E-state index is 0.0205. The summed E-state index contributed by atoms with van der Waals surface area (Å²) in [5.41, 5.74) is -0.311. The predicted molar refractivity (Wildman–Crippen MR) is 82.5 cm³/mol. The number of amides is 1. The van der Waals surface area contributed by atoms with Crippen LogP contribution in [0.4, 0.5) is 13.6 Å². The average Bonchev–Trinajstić information content (AvgIpc) is 2.79. The second kappa shape index (κ2) is 6.75. The van der Waals surface area contributed by atoms with E-state index in [9.17, 15) is 23.5 Å². The zero-order valence-corrected chi connectivity index (χ0v) is 13.9. The van der Waals surface area contributed by atoms with Crippen LogP contribution in [0.3, 0.4) is 0 Å². The molecule has 1 saturated heterocycles. The summed E-state index contributed by atoms with van der Waals surface area (Å²) in [4.78, 5) is 24.9. The first-order valence-electron chi connectivity index (χ1n) is 7.71. The van der Waals surface area contributed by atoms with Crippen LogP contribution < -0.4 is 0 Å². The Morgan fingerprint density at radius 2 is 1.79 bits per heavy atom. The molecule has 1 aromatic rings. The molecule has 0 unspecified atom stereocenters. The SMILES string of the molecule is CC(C)(C)OC(=O)N1C[C@H](Cc2cc(F)cc(F)c2)[C@@H](C(=O)O)C1. The molecule has 24 heavy (non-hydrogen) atoms. The highest BCUT2D eigenvalue weighted by Gasteiger charge is 2.41. The third kappa shape index (κ3) is 4.66. The molecular formula is C17H21F2NO4. The van der Waals surface area contributed by atoms with Crippen molar-refractivity contribution in [3.8, 4) is 0 Å². The molecule has 2 atom stereocenters. The van der Waals surface area contributed by atoms with Crippen molar-refractivity contribution >= 4 is 12.1 Å². The summed E-state index contributed by atoms with van der Waals surface area (Å²) >= 11 is 0. The Bertz CT molecular complexity index is 622. The summed E-state index contributed by atoms with van der Waals surface area (Å²) in [6.07, 6.45) is -0.410. The molecule has 132 valence electrons. The molecule has 0 saturated carbocycles. The van der Waals surface area contributed by atoms with Crippen molar-refractivity contribution in [2.75, 3.05) is 13.1 Å². The van der Waals surface area contributed by atoms with Crippen LogP contribution in [-0.2, 0) is 16.0 Å². The number of nitrogens with zero attached hydrogens (tertiary/aromatic N) is 1. The van der Waals surface area contributed by atoms with Crippen LogP contribution >= 0.6 is 0 Å². The molecule has 1 amide bonds. The van der Waals surface area contributed by atoms with Gasteiger partial charge in [-0.15, -0.1) is 0 Å². The number of carboxylic acids is 1. The van der Waals surface area contributed by atoms with E-state index >= 15 is 0 Å². The lowest BCUT2D eigenvalue weighted by Crippen LogP contribution is -2.36. The van der Waals surface area contributed by atoms with Gasteiger partial charge >= 0.3 is 12.1 Å². The Kier molecular flexibility index (Phi) is 5.11. The molecule has 0 bridgehead atoms. The van der Waals surface area contributed by atoms with Crippen LogP contribution in [-0.4, -0.2) is 40.8 Å². The number of hydrogen-bond donors (Lipinski definition) is 1. The zero-order valence-electron chi connectivity index (χ0n) is 13.9. The number of halogens is 2. The summed E-state index contributed by atoms with van der Waals surface area (Å²) in [5.74, 6) is -3.69. The van der Waals surface area contributed by atoms with E-state index in [0.29, 0.717) is 5.56 Å². The van der Waals surface area contributed by atoms with Gasteiger partial charge in [0.05, 0.1) is 5.92 Å². The summed E-state index contributed by atoms with van der Waals surface area (Å²) < 4.78 is 31.9. The van der Waals surface area contributed by atoms with Gasteiger partial charge in [-0.05, 0) is 50.8 Å². The van der Waals surface area contributed by atoms with Crippen LogP contribution in [0.15, 0.2) is 18.2 Å². The first kappa shape index (κ1) is 18.2. The smallest absolute Gasteiger partial charge is 0.410 e. The molecule has 1 aliphatic heterocycles. The molecule has 7 heteroatoms. The third-order valence-corrected chi connectivity index (χ3v) is 3.83. The molecule has 1 fully saturated rings. The van der Waals surface area contributed by atoms with Crippen molar-refractivity contribution in [1.29, 1.82) is 0 Å². The Morgan fingerprint density at radius 1 is 1.21 bits per heavy atom. The van der Waals surface area contributed by atoms with Crippen molar-refractivity contribution < 1.29 is 28.2 Å². The number of hydrogen-bond acceptors (Lipinski definition) is 3. The van der Waals surface area contributed by atoms with Crippen LogP contribution in [0, 0.1) is 23.5 Å². The number of benzene rings is 1. The topological polar surface area (TPSA) is 66.8 Å². The Labute approximate surface area is 139 Å². The number of likely N-dealkylation sites (tertiary alicyclic amines) is 1. The van der Waals surface area contributed by atoms with E-state index in [0.717, 1.165) is 6.07 Å². The molecule has 1 aliphatic rings. The highest BCUT2D eigenvalue weighted by atomic mass is 19.1. The van der Waals surface area contributed by atoms with Gasteiger partial charge in [0, 0.05) is 19.2 Å². The number of rotatable bonds is 3. The van der Waals surface area contributed by atoms with E-state index in [-0.39, 0.29) is 19.5 Å². The van der Waals surface area contributed by atoms with Crippen molar-refractivity contribution in [3.05, 3.63) is 35.4 Å². The second-order valence-corrected chi connectivity index (χ2v) is 7.07. The lowest BCUT2D eigenvalue weighted by molar-refractivity contribution is -0.142. The van der Waals surface area contributed by atoms with E-state index in [1.165, 1.54) is 17.0 Å². The van der Waals surface area contributed by atoms with Crippen LogP contribution in [0.2, 0.25) is 0 Å². The minimum atomic E-state index is -1.04. The van der Waals surface area contributed by atoms with Gasteiger partial charge < -0.3 is 14.7 Å². The maximum atomic E-state index is 13.3.